The molecule has 0 bridgehead atoms. The van der Waals surface area contributed by atoms with Gasteiger partial charge in [-0.1, -0.05) is 56.8 Å². The highest BCUT2D eigenvalue weighted by Crippen LogP contribution is 2.28. The van der Waals surface area contributed by atoms with Gasteiger partial charge in [0.1, 0.15) is 17.5 Å². The SMILES string of the molecule is CC(C)(C)C(F)=C=C(Cc1ccccc1)c1cc(F)cc(F)c1. The van der Waals surface area contributed by atoms with Crippen molar-refractivity contribution in [2.24, 2.45) is 5.41 Å². The lowest BCUT2D eigenvalue weighted by Crippen LogP contribution is -2.05. The molecule has 0 amide bonds. The summed E-state index contributed by atoms with van der Waals surface area (Å²) in [6, 6.07) is 12.6. The standard InChI is InChI=1S/C20H19F3/c1-20(2,3)19(23)12-15(9-14-7-5-4-6-8-14)16-10-17(21)13-18(22)11-16/h4-8,10-11,13H,9H2,1-3H3. The molecule has 0 aliphatic rings. The van der Waals surface area contributed by atoms with Gasteiger partial charge in [-0.2, -0.15) is 0 Å². The minimum atomic E-state index is -0.714. The normalized spacial score (nSPS) is 11.0. The Balaban J connectivity index is 2.58. The lowest BCUT2D eigenvalue weighted by Gasteiger charge is -2.14. The van der Waals surface area contributed by atoms with Gasteiger partial charge in [0, 0.05) is 23.5 Å². The average Bonchev–Trinajstić information content (AvgIpc) is 2.45. The molecule has 120 valence electrons. The molecule has 0 fully saturated rings. The van der Waals surface area contributed by atoms with E-state index in [4.69, 9.17) is 0 Å². The first-order chi connectivity index (χ1) is 10.8. The second kappa shape index (κ2) is 6.89. The molecule has 23 heavy (non-hydrogen) atoms. The van der Waals surface area contributed by atoms with Crippen molar-refractivity contribution in [2.75, 3.05) is 0 Å². The van der Waals surface area contributed by atoms with Crippen LogP contribution in [0.25, 0.3) is 5.57 Å². The Kier molecular flexibility index (Phi) is 5.12. The van der Waals surface area contributed by atoms with Crippen LogP contribution in [0.1, 0.15) is 31.9 Å². The summed E-state index contributed by atoms with van der Waals surface area (Å²) in [5.74, 6) is -1.83. The van der Waals surface area contributed by atoms with E-state index in [1.54, 1.807) is 20.8 Å². The number of halogens is 3. The number of hydrogen-bond acceptors (Lipinski definition) is 0. The second-order valence-electron chi connectivity index (χ2n) is 6.49. The van der Waals surface area contributed by atoms with Gasteiger partial charge in [0.15, 0.2) is 0 Å². The van der Waals surface area contributed by atoms with E-state index in [1.165, 1.54) is 12.1 Å². The fraction of sp³-hybridized carbons (Fsp3) is 0.250. The van der Waals surface area contributed by atoms with Gasteiger partial charge in [0.05, 0.1) is 0 Å². The third kappa shape index (κ3) is 4.87. The molecule has 0 heterocycles. The van der Waals surface area contributed by atoms with Crippen LogP contribution in [-0.4, -0.2) is 0 Å². The number of benzene rings is 2. The Labute approximate surface area is 135 Å². The highest BCUT2D eigenvalue weighted by Gasteiger charge is 2.17. The Morgan fingerprint density at radius 3 is 2.04 bits per heavy atom. The molecule has 3 heteroatoms. The highest BCUT2D eigenvalue weighted by molar-refractivity contribution is 5.67. The molecule has 0 atom stereocenters. The van der Waals surface area contributed by atoms with Crippen molar-refractivity contribution in [3.63, 3.8) is 0 Å². The minimum Gasteiger partial charge on any atom is -0.207 e. The van der Waals surface area contributed by atoms with Crippen molar-refractivity contribution >= 4 is 5.57 Å². The van der Waals surface area contributed by atoms with Crippen molar-refractivity contribution in [1.82, 2.24) is 0 Å². The van der Waals surface area contributed by atoms with E-state index < -0.39 is 22.9 Å². The summed E-state index contributed by atoms with van der Waals surface area (Å²) in [6.45, 7) is 5.17. The number of rotatable bonds is 3. The predicted octanol–water partition coefficient (Wildman–Crippen LogP) is 6.09. The first-order valence-electron chi connectivity index (χ1n) is 7.42. The van der Waals surface area contributed by atoms with E-state index in [1.807, 2.05) is 30.3 Å². The van der Waals surface area contributed by atoms with Gasteiger partial charge in [-0.25, -0.2) is 13.2 Å². The predicted molar refractivity (Wildman–Crippen MR) is 87.5 cm³/mol. The monoisotopic (exact) mass is 316 g/mol. The van der Waals surface area contributed by atoms with Crippen LogP contribution in [0.15, 0.2) is 60.1 Å². The summed E-state index contributed by atoms with van der Waals surface area (Å²) in [6.07, 6.45) is 0.341. The molecular formula is C20H19F3. The van der Waals surface area contributed by atoms with Crippen molar-refractivity contribution in [2.45, 2.75) is 27.2 Å². The third-order valence-corrected chi connectivity index (χ3v) is 3.35. The van der Waals surface area contributed by atoms with Crippen molar-refractivity contribution in [1.29, 1.82) is 0 Å². The molecule has 0 aromatic heterocycles. The summed E-state index contributed by atoms with van der Waals surface area (Å²) in [7, 11) is 0. The van der Waals surface area contributed by atoms with Crippen LogP contribution in [0.2, 0.25) is 0 Å². The van der Waals surface area contributed by atoms with Crippen LogP contribution in [0.3, 0.4) is 0 Å². The van der Waals surface area contributed by atoms with Gasteiger partial charge in [-0.15, -0.1) is 0 Å². The summed E-state index contributed by atoms with van der Waals surface area (Å²) < 4.78 is 41.4. The highest BCUT2D eigenvalue weighted by atomic mass is 19.1. The fourth-order valence-electron chi connectivity index (χ4n) is 2.07. The van der Waals surface area contributed by atoms with Crippen LogP contribution in [0.4, 0.5) is 13.2 Å². The van der Waals surface area contributed by atoms with Crippen LogP contribution in [0, 0.1) is 17.0 Å². The zero-order valence-corrected chi connectivity index (χ0v) is 13.5. The van der Waals surface area contributed by atoms with Crippen LogP contribution < -0.4 is 0 Å². The minimum absolute atomic E-state index is 0.297. The Morgan fingerprint density at radius 2 is 1.52 bits per heavy atom. The van der Waals surface area contributed by atoms with E-state index in [0.717, 1.165) is 11.6 Å². The lowest BCUT2D eigenvalue weighted by atomic mass is 9.92. The molecule has 0 radical (unpaired) electrons. The Hall–Kier alpha value is -2.25. The number of hydrogen-bond donors (Lipinski definition) is 0. The molecule has 0 saturated carbocycles. The van der Waals surface area contributed by atoms with Crippen molar-refractivity contribution in [3.05, 3.63) is 82.9 Å². The van der Waals surface area contributed by atoms with E-state index in [2.05, 4.69) is 5.73 Å². The fourth-order valence-corrected chi connectivity index (χ4v) is 2.07. The molecule has 0 unspecified atom stereocenters. The Morgan fingerprint density at radius 1 is 0.957 bits per heavy atom. The van der Waals surface area contributed by atoms with Crippen LogP contribution >= 0.6 is 0 Å². The molecular weight excluding hydrogens is 297 g/mol. The maximum atomic E-state index is 14.3. The molecule has 2 rings (SSSR count). The van der Waals surface area contributed by atoms with E-state index >= 15 is 0 Å². The van der Waals surface area contributed by atoms with E-state index in [0.29, 0.717) is 17.6 Å². The molecule has 2 aromatic carbocycles. The summed E-state index contributed by atoms with van der Waals surface area (Å²) in [5.41, 5.74) is 3.63. The maximum absolute atomic E-state index is 14.3. The first kappa shape index (κ1) is 17.1. The molecule has 2 aromatic rings. The third-order valence-electron chi connectivity index (χ3n) is 3.35. The zero-order chi connectivity index (χ0) is 17.0. The zero-order valence-electron chi connectivity index (χ0n) is 13.5. The van der Waals surface area contributed by atoms with Gasteiger partial charge in [-0.3, -0.25) is 0 Å². The van der Waals surface area contributed by atoms with Gasteiger partial charge >= 0.3 is 0 Å². The van der Waals surface area contributed by atoms with E-state index in [-0.39, 0.29) is 0 Å². The first-order valence-corrected chi connectivity index (χ1v) is 7.42. The molecule has 0 saturated heterocycles. The van der Waals surface area contributed by atoms with Crippen molar-refractivity contribution in [3.8, 4) is 0 Å². The molecule has 0 spiro atoms. The lowest BCUT2D eigenvalue weighted by molar-refractivity contribution is 0.385. The Bertz CT molecular complexity index is 726. The topological polar surface area (TPSA) is 0 Å². The molecule has 0 N–H and O–H groups in total. The quantitative estimate of drug-likeness (QED) is 0.601. The number of allylic oxidation sites excluding steroid dienone is 1. The van der Waals surface area contributed by atoms with Gasteiger partial charge in [0.2, 0.25) is 0 Å². The largest absolute Gasteiger partial charge is 0.207 e. The maximum Gasteiger partial charge on any atom is 0.148 e. The van der Waals surface area contributed by atoms with Gasteiger partial charge < -0.3 is 0 Å². The summed E-state index contributed by atoms with van der Waals surface area (Å²) in [5, 5.41) is 0. The van der Waals surface area contributed by atoms with Crippen LogP contribution in [-0.2, 0) is 6.42 Å². The average molecular weight is 316 g/mol. The molecule has 0 aliphatic carbocycles. The second-order valence-corrected chi connectivity index (χ2v) is 6.49. The summed E-state index contributed by atoms with van der Waals surface area (Å²) in [4.78, 5) is 0. The van der Waals surface area contributed by atoms with Gasteiger partial charge in [-0.05, 0) is 23.3 Å². The molecule has 0 aliphatic heterocycles. The molecule has 0 nitrogen and oxygen atoms in total. The van der Waals surface area contributed by atoms with E-state index in [9.17, 15) is 13.2 Å². The van der Waals surface area contributed by atoms with Crippen LogP contribution in [0.5, 0.6) is 0 Å². The van der Waals surface area contributed by atoms with Gasteiger partial charge in [0.25, 0.3) is 0 Å². The van der Waals surface area contributed by atoms with Crippen molar-refractivity contribution < 1.29 is 13.2 Å². The smallest absolute Gasteiger partial charge is 0.148 e. The summed E-state index contributed by atoms with van der Waals surface area (Å²) >= 11 is 0.